The predicted molar refractivity (Wildman–Crippen MR) is 55.6 cm³/mol. The van der Waals surface area contributed by atoms with E-state index in [0.29, 0.717) is 11.5 Å². The maximum Gasteiger partial charge on any atom is 0.190 e. The summed E-state index contributed by atoms with van der Waals surface area (Å²) in [4.78, 5) is 3.87. The summed E-state index contributed by atoms with van der Waals surface area (Å²) in [6.45, 7) is 0.264. The molecule has 0 atom stereocenters. The van der Waals surface area contributed by atoms with Crippen LogP contribution in [-0.4, -0.2) is 20.1 Å². The van der Waals surface area contributed by atoms with E-state index in [1.54, 1.807) is 14.1 Å². The Hall–Kier alpha value is -1.65. The number of benzene rings is 1. The first kappa shape index (κ1) is 11.4. The van der Waals surface area contributed by atoms with Gasteiger partial charge in [0, 0.05) is 32.3 Å². The molecule has 0 heterocycles. The first-order valence-corrected chi connectivity index (χ1v) is 4.49. The lowest BCUT2D eigenvalue weighted by Crippen LogP contribution is -2.34. The zero-order valence-corrected chi connectivity index (χ0v) is 8.64. The average Bonchev–Trinajstić information content (AvgIpc) is 2.22. The van der Waals surface area contributed by atoms with Crippen LogP contribution in [0.5, 0.6) is 0 Å². The molecule has 0 saturated heterocycles. The molecule has 1 aromatic rings. The van der Waals surface area contributed by atoms with Gasteiger partial charge in [0.25, 0.3) is 0 Å². The zero-order chi connectivity index (χ0) is 11.3. The van der Waals surface area contributed by atoms with Gasteiger partial charge in [-0.1, -0.05) is 6.07 Å². The molecule has 0 amide bonds. The molecule has 0 aliphatic carbocycles. The van der Waals surface area contributed by atoms with Crippen molar-refractivity contribution in [3.63, 3.8) is 0 Å². The normalized spacial score (nSPS) is 11.3. The lowest BCUT2D eigenvalue weighted by atomic mass is 10.2. The highest BCUT2D eigenvalue weighted by Gasteiger charge is 2.03. The van der Waals surface area contributed by atoms with E-state index >= 15 is 0 Å². The summed E-state index contributed by atoms with van der Waals surface area (Å²) in [7, 11) is 3.32. The van der Waals surface area contributed by atoms with E-state index < -0.39 is 11.6 Å². The van der Waals surface area contributed by atoms with Crippen molar-refractivity contribution in [1.82, 2.24) is 10.6 Å². The number of aliphatic imine (C=N–C) groups is 1. The number of nitrogens with one attached hydrogen (secondary N) is 2. The first-order chi connectivity index (χ1) is 7.17. The van der Waals surface area contributed by atoms with Gasteiger partial charge in [-0.3, -0.25) is 4.99 Å². The molecule has 0 aliphatic rings. The minimum absolute atomic E-state index is 0.264. The Morgan fingerprint density at radius 2 is 2.13 bits per heavy atom. The van der Waals surface area contributed by atoms with Gasteiger partial charge in [-0.25, -0.2) is 8.78 Å². The van der Waals surface area contributed by atoms with Crippen LogP contribution in [-0.2, 0) is 6.54 Å². The van der Waals surface area contributed by atoms with Gasteiger partial charge in [-0.15, -0.1) is 0 Å². The molecule has 2 N–H and O–H groups in total. The summed E-state index contributed by atoms with van der Waals surface area (Å²) in [6.07, 6.45) is 0. The highest BCUT2D eigenvalue weighted by Crippen LogP contribution is 2.08. The first-order valence-electron chi connectivity index (χ1n) is 4.49. The second-order valence-electron chi connectivity index (χ2n) is 2.91. The molecule has 1 aromatic carbocycles. The minimum Gasteiger partial charge on any atom is -0.359 e. The molecule has 0 saturated carbocycles. The van der Waals surface area contributed by atoms with Crippen LogP contribution >= 0.6 is 0 Å². The molecule has 15 heavy (non-hydrogen) atoms. The van der Waals surface area contributed by atoms with Gasteiger partial charge < -0.3 is 10.6 Å². The summed E-state index contributed by atoms with van der Waals surface area (Å²) in [5.74, 6) is -0.581. The maximum atomic E-state index is 13.2. The van der Waals surface area contributed by atoms with Crippen LogP contribution in [0.2, 0.25) is 0 Å². The number of guanidine groups is 1. The van der Waals surface area contributed by atoms with Crippen LogP contribution in [0.15, 0.2) is 23.2 Å². The molecule has 1 rings (SSSR count). The van der Waals surface area contributed by atoms with E-state index in [1.807, 2.05) is 0 Å². The lowest BCUT2D eigenvalue weighted by molar-refractivity contribution is 0.569. The van der Waals surface area contributed by atoms with Crippen LogP contribution in [0.1, 0.15) is 5.56 Å². The number of rotatable bonds is 2. The maximum absolute atomic E-state index is 13.2. The molecule has 0 spiro atoms. The van der Waals surface area contributed by atoms with Gasteiger partial charge >= 0.3 is 0 Å². The van der Waals surface area contributed by atoms with Crippen molar-refractivity contribution in [2.75, 3.05) is 14.1 Å². The van der Waals surface area contributed by atoms with Crippen LogP contribution in [0.3, 0.4) is 0 Å². The molecular weight excluding hydrogens is 200 g/mol. The molecule has 0 aromatic heterocycles. The summed E-state index contributed by atoms with van der Waals surface area (Å²) >= 11 is 0. The second kappa shape index (κ2) is 5.29. The molecule has 0 unspecified atom stereocenters. The quantitative estimate of drug-likeness (QED) is 0.573. The van der Waals surface area contributed by atoms with E-state index in [-0.39, 0.29) is 6.54 Å². The van der Waals surface area contributed by atoms with Crippen LogP contribution in [0, 0.1) is 11.6 Å². The average molecular weight is 213 g/mol. The molecule has 3 nitrogen and oxygen atoms in total. The summed E-state index contributed by atoms with van der Waals surface area (Å²) in [6, 6.07) is 3.49. The Bertz CT molecular complexity index is 364. The second-order valence-corrected chi connectivity index (χ2v) is 2.91. The molecule has 0 fully saturated rings. The highest BCUT2D eigenvalue weighted by molar-refractivity contribution is 5.79. The molecule has 0 radical (unpaired) electrons. The molecule has 5 heteroatoms. The van der Waals surface area contributed by atoms with E-state index in [9.17, 15) is 8.78 Å². The monoisotopic (exact) mass is 213 g/mol. The van der Waals surface area contributed by atoms with E-state index in [0.717, 1.165) is 6.07 Å². The van der Waals surface area contributed by atoms with Gasteiger partial charge in [0.2, 0.25) is 0 Å². The fourth-order valence-corrected chi connectivity index (χ4v) is 1.12. The standard InChI is InChI=1S/C10H13F2N3/c1-13-10(14-2)15-6-7-3-4-8(11)5-9(7)12/h3-5H,6H2,1-2H3,(H2,13,14,15). The van der Waals surface area contributed by atoms with Crippen LogP contribution < -0.4 is 10.6 Å². The third kappa shape index (κ3) is 3.19. The highest BCUT2D eigenvalue weighted by atomic mass is 19.1. The van der Waals surface area contributed by atoms with Crippen molar-refractivity contribution < 1.29 is 8.78 Å². The summed E-state index contributed by atoms with van der Waals surface area (Å²) in [5, 5.41) is 5.67. The fourth-order valence-electron chi connectivity index (χ4n) is 1.12. The predicted octanol–water partition coefficient (Wildman–Crippen LogP) is 1.26. The smallest absolute Gasteiger partial charge is 0.190 e. The lowest BCUT2D eigenvalue weighted by Gasteiger charge is -2.08. The van der Waals surface area contributed by atoms with Crippen molar-refractivity contribution in [3.05, 3.63) is 35.4 Å². The zero-order valence-electron chi connectivity index (χ0n) is 8.64. The Morgan fingerprint density at radius 3 is 2.67 bits per heavy atom. The largest absolute Gasteiger partial charge is 0.359 e. The van der Waals surface area contributed by atoms with Crippen molar-refractivity contribution in [2.45, 2.75) is 6.54 Å². The third-order valence-corrected chi connectivity index (χ3v) is 1.92. The van der Waals surface area contributed by atoms with Crippen molar-refractivity contribution in [2.24, 2.45) is 4.99 Å². The van der Waals surface area contributed by atoms with Crippen molar-refractivity contribution >= 4 is 5.96 Å². The Morgan fingerprint density at radius 1 is 1.40 bits per heavy atom. The van der Waals surface area contributed by atoms with Crippen molar-refractivity contribution in [1.29, 1.82) is 0 Å². The minimum atomic E-state index is -0.575. The van der Waals surface area contributed by atoms with Crippen LogP contribution in [0.4, 0.5) is 8.78 Å². The Kier molecular flexibility index (Phi) is 4.03. The fraction of sp³-hybridized carbons (Fsp3) is 0.300. The number of halogens is 2. The van der Waals surface area contributed by atoms with Crippen LogP contribution in [0.25, 0.3) is 0 Å². The van der Waals surface area contributed by atoms with Gasteiger partial charge in [0.05, 0.1) is 0 Å². The summed E-state index contributed by atoms with van der Waals surface area (Å²) in [5.41, 5.74) is 0.396. The molecule has 0 aliphatic heterocycles. The molecular formula is C10H13F2N3. The Balaban J connectivity index is 2.65. The van der Waals surface area contributed by atoms with Crippen molar-refractivity contribution in [3.8, 4) is 0 Å². The number of hydrogen-bond donors (Lipinski definition) is 2. The van der Waals surface area contributed by atoms with Gasteiger partial charge in [-0.05, 0) is 6.07 Å². The SMILES string of the molecule is CN=C(NC)NCc1ccc(F)cc1F. The number of hydrogen-bond acceptors (Lipinski definition) is 1. The van der Waals surface area contributed by atoms with E-state index in [1.165, 1.54) is 12.1 Å². The van der Waals surface area contributed by atoms with Gasteiger partial charge in [0.1, 0.15) is 11.6 Å². The Labute approximate surface area is 87.2 Å². The van der Waals surface area contributed by atoms with Gasteiger partial charge in [-0.2, -0.15) is 0 Å². The summed E-state index contributed by atoms with van der Waals surface area (Å²) < 4.78 is 25.8. The topological polar surface area (TPSA) is 36.4 Å². The van der Waals surface area contributed by atoms with E-state index in [2.05, 4.69) is 15.6 Å². The van der Waals surface area contributed by atoms with E-state index in [4.69, 9.17) is 0 Å². The number of nitrogens with zero attached hydrogens (tertiary/aromatic N) is 1. The molecule has 0 bridgehead atoms. The molecule has 82 valence electrons. The third-order valence-electron chi connectivity index (χ3n) is 1.92. The van der Waals surface area contributed by atoms with Gasteiger partial charge in [0.15, 0.2) is 5.96 Å².